The molecule has 2 heterocycles. The van der Waals surface area contributed by atoms with Gasteiger partial charge in [0.15, 0.2) is 0 Å². The molecule has 0 saturated carbocycles. The second-order valence-electron chi connectivity index (χ2n) is 7.33. The lowest BCUT2D eigenvalue weighted by atomic mass is 9.88. The van der Waals surface area contributed by atoms with Gasteiger partial charge in [0.25, 0.3) is 0 Å². The lowest BCUT2D eigenvalue weighted by Crippen LogP contribution is -2.46. The van der Waals surface area contributed by atoms with E-state index in [1.54, 1.807) is 12.1 Å². The summed E-state index contributed by atoms with van der Waals surface area (Å²) in [5.74, 6) is 1.33. The summed E-state index contributed by atoms with van der Waals surface area (Å²) < 4.78 is 36.4. The Morgan fingerprint density at radius 1 is 1.19 bits per heavy atom. The minimum atomic E-state index is -3.92. The molecule has 4 rings (SSSR count). The number of piperidine rings is 1. The summed E-state index contributed by atoms with van der Waals surface area (Å²) in [6, 6.07) is 11.7. The van der Waals surface area contributed by atoms with Crippen molar-refractivity contribution >= 4 is 21.7 Å². The van der Waals surface area contributed by atoms with E-state index in [0.29, 0.717) is 17.0 Å². The molecule has 5 nitrogen and oxygen atoms in total. The summed E-state index contributed by atoms with van der Waals surface area (Å²) in [5, 5.41) is 0.470. The third kappa shape index (κ3) is 3.66. The largest absolute Gasteiger partial charge is 0.488 e. The van der Waals surface area contributed by atoms with Gasteiger partial charge in [-0.25, -0.2) is 0 Å². The summed E-state index contributed by atoms with van der Waals surface area (Å²) >= 11 is 5.82. The lowest BCUT2D eigenvalue weighted by molar-refractivity contribution is 0.0729. The van der Waals surface area contributed by atoms with E-state index >= 15 is 0 Å². The highest BCUT2D eigenvalue weighted by molar-refractivity contribution is 7.87. The van der Waals surface area contributed by atoms with Crippen molar-refractivity contribution in [1.29, 1.82) is 0 Å². The van der Waals surface area contributed by atoms with Crippen molar-refractivity contribution in [2.45, 2.75) is 43.2 Å². The molecule has 2 unspecified atom stereocenters. The van der Waals surface area contributed by atoms with Gasteiger partial charge in [-0.15, -0.1) is 0 Å². The van der Waals surface area contributed by atoms with Crippen LogP contribution >= 0.6 is 11.6 Å². The van der Waals surface area contributed by atoms with Gasteiger partial charge in [-0.3, -0.25) is 4.90 Å². The first-order valence-corrected chi connectivity index (χ1v) is 10.9. The molecule has 7 heteroatoms. The normalized spacial score (nSPS) is 22.2. The predicted octanol–water partition coefficient (Wildman–Crippen LogP) is 4.07. The summed E-state index contributed by atoms with van der Waals surface area (Å²) in [4.78, 5) is 2.48. The minimum absolute atomic E-state index is 0.0644. The molecular weight excluding hydrogens is 386 g/mol. The number of likely N-dealkylation sites (tertiary alicyclic amines) is 1. The van der Waals surface area contributed by atoms with Crippen LogP contribution in [0.2, 0.25) is 5.02 Å². The molecule has 27 heavy (non-hydrogen) atoms. The number of nitrogens with zero attached hydrogens (tertiary/aromatic N) is 1. The van der Waals surface area contributed by atoms with E-state index in [1.165, 1.54) is 24.3 Å². The van der Waals surface area contributed by atoms with Crippen LogP contribution in [0.4, 0.5) is 0 Å². The molecule has 0 aliphatic carbocycles. The maximum absolute atomic E-state index is 12.5. The van der Waals surface area contributed by atoms with E-state index in [2.05, 4.69) is 18.7 Å². The van der Waals surface area contributed by atoms with E-state index in [0.717, 1.165) is 30.8 Å². The van der Waals surface area contributed by atoms with Gasteiger partial charge in [0, 0.05) is 35.2 Å². The van der Waals surface area contributed by atoms with Crippen LogP contribution in [0.25, 0.3) is 0 Å². The monoisotopic (exact) mass is 407 g/mol. The van der Waals surface area contributed by atoms with Crippen molar-refractivity contribution in [3.05, 3.63) is 53.1 Å². The van der Waals surface area contributed by atoms with Gasteiger partial charge in [0.1, 0.15) is 22.5 Å². The van der Waals surface area contributed by atoms with Gasteiger partial charge < -0.3 is 8.92 Å². The van der Waals surface area contributed by atoms with Crippen molar-refractivity contribution < 1.29 is 17.3 Å². The molecule has 1 fully saturated rings. The Morgan fingerprint density at radius 3 is 2.63 bits per heavy atom. The molecule has 2 atom stereocenters. The Kier molecular flexibility index (Phi) is 4.82. The van der Waals surface area contributed by atoms with E-state index in [1.807, 2.05) is 6.07 Å². The summed E-state index contributed by atoms with van der Waals surface area (Å²) in [5.41, 5.74) is 1.14. The van der Waals surface area contributed by atoms with Crippen molar-refractivity contribution in [2.75, 3.05) is 13.1 Å². The Morgan fingerprint density at radius 2 is 1.93 bits per heavy atom. The number of hydrogen-bond acceptors (Lipinski definition) is 5. The van der Waals surface area contributed by atoms with Crippen LogP contribution in [0.3, 0.4) is 0 Å². The van der Waals surface area contributed by atoms with Crippen molar-refractivity contribution in [3.8, 4) is 11.5 Å². The van der Waals surface area contributed by atoms with E-state index in [-0.39, 0.29) is 16.7 Å². The fourth-order valence-electron chi connectivity index (χ4n) is 3.80. The first kappa shape index (κ1) is 18.6. The minimum Gasteiger partial charge on any atom is -0.488 e. The highest BCUT2D eigenvalue weighted by Gasteiger charge is 2.39. The van der Waals surface area contributed by atoms with Crippen LogP contribution in [0, 0.1) is 0 Å². The maximum atomic E-state index is 12.5. The number of ether oxygens (including phenoxy) is 1. The molecule has 2 aromatic carbocycles. The highest BCUT2D eigenvalue weighted by Crippen LogP contribution is 2.44. The quantitative estimate of drug-likeness (QED) is 0.715. The van der Waals surface area contributed by atoms with Crippen molar-refractivity contribution in [1.82, 2.24) is 4.90 Å². The molecule has 0 N–H and O–H groups in total. The Hall–Kier alpha value is -1.76. The molecular formula is C20H22ClNO4S. The molecule has 0 radical (unpaired) electrons. The second kappa shape index (κ2) is 7.00. The lowest BCUT2D eigenvalue weighted by Gasteiger charge is -2.36. The smallest absolute Gasteiger partial charge is 0.339 e. The number of fused-ring (bicyclic) bond motifs is 3. The first-order valence-electron chi connectivity index (χ1n) is 9.08. The van der Waals surface area contributed by atoms with Crippen LogP contribution in [0.15, 0.2) is 47.4 Å². The summed E-state index contributed by atoms with van der Waals surface area (Å²) in [7, 11) is -3.92. The van der Waals surface area contributed by atoms with Gasteiger partial charge in [0.2, 0.25) is 0 Å². The third-order valence-corrected chi connectivity index (χ3v) is 6.81. The van der Waals surface area contributed by atoms with Crippen LogP contribution in [0.5, 0.6) is 11.5 Å². The molecule has 2 aliphatic rings. The van der Waals surface area contributed by atoms with Crippen LogP contribution in [0.1, 0.15) is 31.7 Å². The molecule has 2 aliphatic heterocycles. The third-order valence-electron chi connectivity index (χ3n) is 5.29. The van der Waals surface area contributed by atoms with Crippen molar-refractivity contribution in [2.24, 2.45) is 0 Å². The molecule has 0 bridgehead atoms. The molecule has 0 spiro atoms. The fraction of sp³-hybridized carbons (Fsp3) is 0.400. The maximum Gasteiger partial charge on any atom is 0.339 e. The molecule has 0 aromatic heterocycles. The van der Waals surface area contributed by atoms with E-state index < -0.39 is 10.1 Å². The van der Waals surface area contributed by atoms with Crippen molar-refractivity contribution in [3.63, 3.8) is 0 Å². The SMILES string of the molecule is CC(C)N1CCC2c3ccc(OS(=O)(=O)c4ccc(Cl)cc4)cc3OC2C1. The Labute approximate surface area is 165 Å². The number of rotatable bonds is 4. The average Bonchev–Trinajstić information content (AvgIpc) is 2.98. The summed E-state index contributed by atoms with van der Waals surface area (Å²) in [6.45, 7) is 6.31. The molecule has 2 aromatic rings. The highest BCUT2D eigenvalue weighted by atomic mass is 35.5. The number of benzene rings is 2. The average molecular weight is 408 g/mol. The first-order chi connectivity index (χ1) is 12.8. The Bertz CT molecular complexity index is 943. The number of hydrogen-bond donors (Lipinski definition) is 0. The zero-order valence-corrected chi connectivity index (χ0v) is 16.8. The standard InChI is InChI=1S/C20H22ClNO4S/c1-13(2)22-10-9-18-17-8-5-15(11-19(17)25-20(18)12-22)26-27(23,24)16-6-3-14(21)4-7-16/h3-8,11,13,18,20H,9-10,12H2,1-2H3. The zero-order valence-electron chi connectivity index (χ0n) is 15.3. The van der Waals surface area contributed by atoms with Crippen LogP contribution in [-0.4, -0.2) is 38.6 Å². The molecule has 144 valence electrons. The molecule has 0 amide bonds. The van der Waals surface area contributed by atoms with E-state index in [9.17, 15) is 8.42 Å². The van der Waals surface area contributed by atoms with Gasteiger partial charge in [-0.05, 0) is 57.1 Å². The molecule has 1 saturated heterocycles. The Balaban J connectivity index is 1.54. The fourth-order valence-corrected chi connectivity index (χ4v) is 4.85. The van der Waals surface area contributed by atoms with Crippen LogP contribution < -0.4 is 8.92 Å². The van der Waals surface area contributed by atoms with Crippen LogP contribution in [-0.2, 0) is 10.1 Å². The summed E-state index contributed by atoms with van der Waals surface area (Å²) in [6.07, 6.45) is 1.15. The van der Waals surface area contributed by atoms with Gasteiger partial charge in [-0.1, -0.05) is 17.7 Å². The van der Waals surface area contributed by atoms with Gasteiger partial charge in [0.05, 0.1) is 0 Å². The predicted molar refractivity (Wildman–Crippen MR) is 104 cm³/mol. The second-order valence-corrected chi connectivity index (χ2v) is 9.31. The topological polar surface area (TPSA) is 55.8 Å². The zero-order chi connectivity index (χ0) is 19.2. The number of halogens is 1. The van der Waals surface area contributed by atoms with E-state index in [4.69, 9.17) is 20.5 Å². The van der Waals surface area contributed by atoms with Gasteiger partial charge >= 0.3 is 10.1 Å². The van der Waals surface area contributed by atoms with Gasteiger partial charge in [-0.2, -0.15) is 8.42 Å².